The molecule has 0 spiro atoms. The fraction of sp³-hybridized carbons (Fsp3) is 0.308. The zero-order chi connectivity index (χ0) is 13.1. The van der Waals surface area contributed by atoms with Crippen molar-refractivity contribution in [1.82, 2.24) is 4.90 Å². The lowest BCUT2D eigenvalue weighted by Gasteiger charge is -2.15. The summed E-state index contributed by atoms with van der Waals surface area (Å²) in [6.07, 6.45) is 1.07. The van der Waals surface area contributed by atoms with Crippen LogP contribution in [0.5, 0.6) is 5.75 Å². The number of esters is 1. The van der Waals surface area contributed by atoms with Gasteiger partial charge in [0.2, 0.25) is 5.91 Å². The first-order valence-corrected chi connectivity index (χ1v) is 5.71. The zero-order valence-electron chi connectivity index (χ0n) is 10.0. The Morgan fingerprint density at radius 1 is 1.28 bits per heavy atom. The molecule has 1 aromatic carbocycles. The van der Waals surface area contributed by atoms with Crippen molar-refractivity contribution in [3.05, 3.63) is 29.8 Å². The van der Waals surface area contributed by atoms with Crippen LogP contribution < -0.4 is 4.74 Å². The molecule has 2 rings (SSSR count). The second-order valence-corrected chi connectivity index (χ2v) is 4.04. The summed E-state index contributed by atoms with van der Waals surface area (Å²) in [5.41, 5.74) is 0.239. The molecule has 5 nitrogen and oxygen atoms in total. The number of imide groups is 1. The molecule has 0 saturated carbocycles. The van der Waals surface area contributed by atoms with Gasteiger partial charge >= 0.3 is 5.97 Å². The van der Waals surface area contributed by atoms with Crippen LogP contribution in [0.1, 0.15) is 30.1 Å². The Kier molecular flexibility index (Phi) is 3.41. The second kappa shape index (κ2) is 5.00. The summed E-state index contributed by atoms with van der Waals surface area (Å²) in [5, 5.41) is 0. The van der Waals surface area contributed by atoms with Crippen LogP contribution >= 0.6 is 0 Å². The third-order valence-electron chi connectivity index (χ3n) is 2.69. The molecule has 1 saturated heterocycles. The predicted octanol–water partition coefficient (Wildman–Crippen LogP) is 1.37. The molecule has 0 radical (unpaired) electrons. The normalized spacial score (nSPS) is 14.7. The summed E-state index contributed by atoms with van der Waals surface area (Å²) in [6, 6.07) is 6.42. The Morgan fingerprint density at radius 3 is 2.61 bits per heavy atom. The zero-order valence-corrected chi connectivity index (χ0v) is 10.0. The molecule has 94 valence electrons. The van der Waals surface area contributed by atoms with Crippen LogP contribution in [0.2, 0.25) is 0 Å². The maximum absolute atomic E-state index is 12.2. The molecule has 1 fully saturated rings. The van der Waals surface area contributed by atoms with E-state index in [0.29, 0.717) is 19.4 Å². The molecule has 1 aromatic rings. The van der Waals surface area contributed by atoms with Crippen LogP contribution in [0.25, 0.3) is 0 Å². The van der Waals surface area contributed by atoms with Gasteiger partial charge in [0.15, 0.2) is 0 Å². The average molecular weight is 247 g/mol. The lowest BCUT2D eigenvalue weighted by atomic mass is 10.2. The highest BCUT2D eigenvalue weighted by Gasteiger charge is 2.29. The standard InChI is InChI=1S/C13H13NO4/c1-9(15)18-11-6-3-2-5-10(11)13(17)14-8-4-7-12(14)16/h2-3,5-6H,4,7-8H2,1H3. The maximum Gasteiger partial charge on any atom is 0.308 e. The van der Waals surface area contributed by atoms with Crippen molar-refractivity contribution in [2.24, 2.45) is 0 Å². The van der Waals surface area contributed by atoms with Gasteiger partial charge in [-0.15, -0.1) is 0 Å². The molecule has 2 amide bonds. The Morgan fingerprint density at radius 2 is 2.00 bits per heavy atom. The van der Waals surface area contributed by atoms with E-state index in [1.54, 1.807) is 18.2 Å². The topological polar surface area (TPSA) is 63.7 Å². The van der Waals surface area contributed by atoms with E-state index in [0.717, 1.165) is 0 Å². The monoisotopic (exact) mass is 247 g/mol. The summed E-state index contributed by atoms with van der Waals surface area (Å²) in [5.74, 6) is -0.898. The first kappa shape index (κ1) is 12.3. The predicted molar refractivity (Wildman–Crippen MR) is 63.0 cm³/mol. The van der Waals surface area contributed by atoms with Gasteiger partial charge in [0.05, 0.1) is 5.56 Å². The number of ether oxygens (including phenoxy) is 1. The number of para-hydroxylation sites is 1. The van der Waals surface area contributed by atoms with E-state index >= 15 is 0 Å². The van der Waals surface area contributed by atoms with E-state index < -0.39 is 11.9 Å². The van der Waals surface area contributed by atoms with Crippen molar-refractivity contribution < 1.29 is 19.1 Å². The smallest absolute Gasteiger partial charge is 0.308 e. The molecule has 0 aliphatic carbocycles. The van der Waals surface area contributed by atoms with Gasteiger partial charge in [-0.25, -0.2) is 0 Å². The van der Waals surface area contributed by atoms with Crippen LogP contribution in [-0.2, 0) is 9.59 Å². The largest absolute Gasteiger partial charge is 0.426 e. The fourth-order valence-electron chi connectivity index (χ4n) is 1.90. The van der Waals surface area contributed by atoms with Crippen LogP contribution in [0.15, 0.2) is 24.3 Å². The van der Waals surface area contributed by atoms with Gasteiger partial charge in [0.25, 0.3) is 5.91 Å². The minimum absolute atomic E-state index is 0.183. The van der Waals surface area contributed by atoms with E-state index in [1.165, 1.54) is 17.9 Å². The number of carbonyl (C=O) groups excluding carboxylic acids is 3. The highest BCUT2D eigenvalue weighted by molar-refractivity contribution is 6.07. The Labute approximate surface area is 104 Å². The van der Waals surface area contributed by atoms with Gasteiger partial charge in [-0.2, -0.15) is 0 Å². The second-order valence-electron chi connectivity index (χ2n) is 4.04. The minimum atomic E-state index is -0.497. The maximum atomic E-state index is 12.2. The van der Waals surface area contributed by atoms with E-state index in [1.807, 2.05) is 0 Å². The molecule has 5 heteroatoms. The third kappa shape index (κ3) is 2.40. The van der Waals surface area contributed by atoms with E-state index in [-0.39, 0.29) is 17.2 Å². The minimum Gasteiger partial charge on any atom is -0.426 e. The van der Waals surface area contributed by atoms with Crippen LogP contribution in [-0.4, -0.2) is 29.2 Å². The van der Waals surface area contributed by atoms with Crippen LogP contribution in [0, 0.1) is 0 Å². The molecule has 18 heavy (non-hydrogen) atoms. The molecule has 0 unspecified atom stereocenters. The highest BCUT2D eigenvalue weighted by atomic mass is 16.5. The molecular formula is C13H13NO4. The fourth-order valence-corrected chi connectivity index (χ4v) is 1.90. The lowest BCUT2D eigenvalue weighted by molar-refractivity contribution is -0.131. The number of amides is 2. The number of nitrogens with zero attached hydrogens (tertiary/aromatic N) is 1. The van der Waals surface area contributed by atoms with E-state index in [4.69, 9.17) is 4.74 Å². The van der Waals surface area contributed by atoms with E-state index in [9.17, 15) is 14.4 Å². The Bertz CT molecular complexity index is 509. The molecule has 0 N–H and O–H groups in total. The number of hydrogen-bond donors (Lipinski definition) is 0. The van der Waals surface area contributed by atoms with Gasteiger partial charge in [0.1, 0.15) is 5.75 Å². The number of rotatable bonds is 2. The Balaban J connectivity index is 2.29. The molecule has 0 aromatic heterocycles. The van der Waals surface area contributed by atoms with Crippen molar-refractivity contribution in [2.45, 2.75) is 19.8 Å². The van der Waals surface area contributed by atoms with Gasteiger partial charge in [-0.05, 0) is 18.6 Å². The molecule has 0 bridgehead atoms. The van der Waals surface area contributed by atoms with Crippen molar-refractivity contribution in [1.29, 1.82) is 0 Å². The van der Waals surface area contributed by atoms with Crippen molar-refractivity contribution in [3.63, 3.8) is 0 Å². The van der Waals surface area contributed by atoms with Crippen molar-refractivity contribution >= 4 is 17.8 Å². The Hall–Kier alpha value is -2.17. The molecule has 1 aliphatic rings. The summed E-state index contributed by atoms with van der Waals surface area (Å²) in [4.78, 5) is 35.8. The van der Waals surface area contributed by atoms with Gasteiger partial charge in [0, 0.05) is 19.9 Å². The number of benzene rings is 1. The van der Waals surface area contributed by atoms with Crippen molar-refractivity contribution in [2.75, 3.05) is 6.54 Å². The average Bonchev–Trinajstić information content (AvgIpc) is 2.74. The van der Waals surface area contributed by atoms with E-state index in [2.05, 4.69) is 0 Å². The van der Waals surface area contributed by atoms with Gasteiger partial charge < -0.3 is 4.74 Å². The lowest BCUT2D eigenvalue weighted by Crippen LogP contribution is -2.32. The molecule has 1 heterocycles. The summed E-state index contributed by atoms with van der Waals surface area (Å²) < 4.78 is 4.96. The first-order valence-electron chi connectivity index (χ1n) is 5.71. The first-order chi connectivity index (χ1) is 8.59. The highest BCUT2D eigenvalue weighted by Crippen LogP contribution is 2.22. The molecular weight excluding hydrogens is 234 g/mol. The number of carbonyl (C=O) groups is 3. The van der Waals surface area contributed by atoms with Crippen LogP contribution in [0.4, 0.5) is 0 Å². The summed E-state index contributed by atoms with van der Waals surface area (Å²) >= 11 is 0. The summed E-state index contributed by atoms with van der Waals surface area (Å²) in [7, 11) is 0. The quantitative estimate of drug-likeness (QED) is 0.450. The molecule has 0 atom stereocenters. The molecule has 1 aliphatic heterocycles. The summed E-state index contributed by atoms with van der Waals surface area (Å²) in [6.45, 7) is 1.69. The van der Waals surface area contributed by atoms with Crippen LogP contribution in [0.3, 0.4) is 0 Å². The van der Waals surface area contributed by atoms with Gasteiger partial charge in [-0.1, -0.05) is 12.1 Å². The SMILES string of the molecule is CC(=O)Oc1ccccc1C(=O)N1CCCC1=O. The van der Waals surface area contributed by atoms with Crippen molar-refractivity contribution in [3.8, 4) is 5.75 Å². The third-order valence-corrected chi connectivity index (χ3v) is 2.69. The number of likely N-dealkylation sites (tertiary alicyclic amines) is 1. The number of hydrogen-bond acceptors (Lipinski definition) is 4. The van der Waals surface area contributed by atoms with Gasteiger partial charge in [-0.3, -0.25) is 19.3 Å².